The van der Waals surface area contributed by atoms with E-state index in [4.69, 9.17) is 33.7 Å². The fourth-order valence-electron chi connectivity index (χ4n) is 1.68. The third kappa shape index (κ3) is 2.74. The van der Waals surface area contributed by atoms with E-state index in [-0.39, 0.29) is 16.7 Å². The standard InChI is InChI=1S/C13H12Cl2N2O2/c1-6(2)19-11-3-7-10(4-9(11)14)17-5-8(12(7)15)13(16)18/h3-6H,1-2H3,(H2,16,18). The zero-order valence-corrected chi connectivity index (χ0v) is 11.9. The second kappa shape index (κ2) is 5.23. The molecular formula is C13H12Cl2N2O2. The molecule has 0 bridgehead atoms. The molecule has 0 aliphatic carbocycles. The van der Waals surface area contributed by atoms with Crippen LogP contribution in [0.4, 0.5) is 0 Å². The fourth-order valence-corrected chi connectivity index (χ4v) is 2.17. The van der Waals surface area contributed by atoms with Crippen LogP contribution in [0.3, 0.4) is 0 Å². The zero-order valence-electron chi connectivity index (χ0n) is 10.4. The third-order valence-corrected chi connectivity index (χ3v) is 3.19. The largest absolute Gasteiger partial charge is 0.489 e. The second-order valence-electron chi connectivity index (χ2n) is 4.32. The summed E-state index contributed by atoms with van der Waals surface area (Å²) >= 11 is 12.3. The average molecular weight is 299 g/mol. The van der Waals surface area contributed by atoms with Crippen LogP contribution in [0.15, 0.2) is 18.3 Å². The van der Waals surface area contributed by atoms with Crippen LogP contribution in [0.5, 0.6) is 5.75 Å². The van der Waals surface area contributed by atoms with Crippen molar-refractivity contribution in [1.29, 1.82) is 0 Å². The van der Waals surface area contributed by atoms with E-state index >= 15 is 0 Å². The first-order valence-corrected chi connectivity index (χ1v) is 6.40. The summed E-state index contributed by atoms with van der Waals surface area (Å²) in [5.74, 6) is -0.129. The molecule has 0 spiro atoms. The lowest BCUT2D eigenvalue weighted by Crippen LogP contribution is -2.12. The molecule has 0 radical (unpaired) electrons. The predicted molar refractivity (Wildman–Crippen MR) is 76.0 cm³/mol. The number of halogens is 2. The Morgan fingerprint density at radius 1 is 1.37 bits per heavy atom. The van der Waals surface area contributed by atoms with Crippen molar-refractivity contribution in [1.82, 2.24) is 4.98 Å². The number of nitrogens with zero attached hydrogens (tertiary/aromatic N) is 1. The van der Waals surface area contributed by atoms with Gasteiger partial charge in [-0.3, -0.25) is 9.78 Å². The Labute approximate surface area is 120 Å². The SMILES string of the molecule is CC(C)Oc1cc2c(Cl)c(C(N)=O)cnc2cc1Cl. The van der Waals surface area contributed by atoms with Crippen LogP contribution in [0, 0.1) is 0 Å². The molecule has 100 valence electrons. The molecule has 1 amide bonds. The number of hydrogen-bond donors (Lipinski definition) is 1. The number of primary amides is 1. The van der Waals surface area contributed by atoms with E-state index in [0.717, 1.165) is 0 Å². The Bertz CT molecular complexity index is 657. The van der Waals surface area contributed by atoms with Gasteiger partial charge in [0.25, 0.3) is 5.91 Å². The lowest BCUT2D eigenvalue weighted by Gasteiger charge is -2.13. The van der Waals surface area contributed by atoms with E-state index in [1.165, 1.54) is 6.20 Å². The number of aromatic nitrogens is 1. The minimum atomic E-state index is -0.624. The summed E-state index contributed by atoms with van der Waals surface area (Å²) in [4.78, 5) is 15.4. The van der Waals surface area contributed by atoms with E-state index in [1.807, 2.05) is 13.8 Å². The molecule has 19 heavy (non-hydrogen) atoms. The number of fused-ring (bicyclic) bond motifs is 1. The van der Waals surface area contributed by atoms with Gasteiger partial charge < -0.3 is 10.5 Å². The van der Waals surface area contributed by atoms with Gasteiger partial charge in [0.05, 0.1) is 27.2 Å². The Kier molecular flexibility index (Phi) is 3.83. The van der Waals surface area contributed by atoms with Crippen LogP contribution < -0.4 is 10.5 Å². The number of ether oxygens (including phenoxy) is 1. The first-order chi connectivity index (χ1) is 8.90. The van der Waals surface area contributed by atoms with E-state index in [0.29, 0.717) is 21.7 Å². The number of pyridine rings is 1. The molecule has 0 unspecified atom stereocenters. The molecule has 0 fully saturated rings. The molecule has 0 saturated heterocycles. The number of carbonyl (C=O) groups is 1. The Balaban J connectivity index is 2.67. The van der Waals surface area contributed by atoms with Crippen LogP contribution >= 0.6 is 23.2 Å². The highest BCUT2D eigenvalue weighted by Crippen LogP contribution is 2.34. The summed E-state index contributed by atoms with van der Waals surface area (Å²) in [6.07, 6.45) is 1.31. The maximum Gasteiger partial charge on any atom is 0.251 e. The first-order valence-electron chi connectivity index (χ1n) is 5.64. The average Bonchev–Trinajstić information content (AvgIpc) is 2.30. The van der Waals surface area contributed by atoms with Gasteiger partial charge in [-0.15, -0.1) is 0 Å². The molecule has 0 atom stereocenters. The predicted octanol–water partition coefficient (Wildman–Crippen LogP) is 3.43. The van der Waals surface area contributed by atoms with Gasteiger partial charge in [-0.05, 0) is 26.0 Å². The molecular weight excluding hydrogens is 287 g/mol. The number of amides is 1. The molecule has 0 aliphatic rings. The van der Waals surface area contributed by atoms with Gasteiger partial charge in [-0.2, -0.15) is 0 Å². The summed E-state index contributed by atoms with van der Waals surface area (Å²) < 4.78 is 5.57. The van der Waals surface area contributed by atoms with Crippen molar-refractivity contribution in [2.45, 2.75) is 20.0 Å². The fraction of sp³-hybridized carbons (Fsp3) is 0.231. The number of benzene rings is 1. The monoisotopic (exact) mass is 298 g/mol. The van der Waals surface area contributed by atoms with Crippen molar-refractivity contribution < 1.29 is 9.53 Å². The van der Waals surface area contributed by atoms with Crippen LogP contribution in [0.2, 0.25) is 10.0 Å². The highest BCUT2D eigenvalue weighted by molar-refractivity contribution is 6.39. The minimum Gasteiger partial charge on any atom is -0.489 e. The molecule has 6 heteroatoms. The Morgan fingerprint density at radius 3 is 2.63 bits per heavy atom. The molecule has 2 rings (SSSR count). The van der Waals surface area contributed by atoms with Crippen molar-refractivity contribution in [3.63, 3.8) is 0 Å². The second-order valence-corrected chi connectivity index (χ2v) is 5.10. The molecule has 0 aliphatic heterocycles. The van der Waals surface area contributed by atoms with Crippen LogP contribution in [-0.2, 0) is 0 Å². The van der Waals surface area contributed by atoms with Crippen molar-refractivity contribution in [2.24, 2.45) is 5.73 Å². The lowest BCUT2D eigenvalue weighted by atomic mass is 10.1. The summed E-state index contributed by atoms with van der Waals surface area (Å²) in [7, 11) is 0. The van der Waals surface area contributed by atoms with Gasteiger partial charge >= 0.3 is 0 Å². The molecule has 0 saturated carbocycles. The van der Waals surface area contributed by atoms with Gasteiger partial charge in [-0.1, -0.05) is 23.2 Å². The Morgan fingerprint density at radius 2 is 2.05 bits per heavy atom. The number of nitrogens with two attached hydrogens (primary N) is 1. The van der Waals surface area contributed by atoms with E-state index in [1.54, 1.807) is 12.1 Å². The topological polar surface area (TPSA) is 65.2 Å². The van der Waals surface area contributed by atoms with Crippen molar-refractivity contribution in [3.05, 3.63) is 33.9 Å². The smallest absolute Gasteiger partial charge is 0.251 e. The number of hydrogen-bond acceptors (Lipinski definition) is 3. The van der Waals surface area contributed by atoms with E-state index in [9.17, 15) is 4.79 Å². The molecule has 1 aromatic heterocycles. The highest BCUT2D eigenvalue weighted by Gasteiger charge is 2.14. The summed E-state index contributed by atoms with van der Waals surface area (Å²) in [5.41, 5.74) is 5.99. The normalized spacial score (nSPS) is 11.0. The quantitative estimate of drug-likeness (QED) is 0.944. The van der Waals surface area contributed by atoms with Gasteiger partial charge in [0.2, 0.25) is 0 Å². The maximum absolute atomic E-state index is 11.2. The van der Waals surface area contributed by atoms with Crippen LogP contribution in [0.1, 0.15) is 24.2 Å². The highest BCUT2D eigenvalue weighted by atomic mass is 35.5. The zero-order chi connectivity index (χ0) is 14.2. The minimum absolute atomic E-state index is 0.0268. The van der Waals surface area contributed by atoms with Gasteiger partial charge in [0.15, 0.2) is 0 Å². The molecule has 2 N–H and O–H groups in total. The third-order valence-electron chi connectivity index (χ3n) is 2.48. The Hall–Kier alpha value is -1.52. The van der Waals surface area contributed by atoms with Crippen molar-refractivity contribution in [3.8, 4) is 5.75 Å². The van der Waals surface area contributed by atoms with Crippen molar-refractivity contribution >= 4 is 40.0 Å². The molecule has 1 heterocycles. The molecule has 2 aromatic rings. The first kappa shape index (κ1) is 13.9. The van der Waals surface area contributed by atoms with Gasteiger partial charge in [0.1, 0.15) is 5.75 Å². The van der Waals surface area contributed by atoms with E-state index in [2.05, 4.69) is 4.98 Å². The summed E-state index contributed by atoms with van der Waals surface area (Å²) in [6.45, 7) is 3.78. The van der Waals surface area contributed by atoms with Gasteiger partial charge in [-0.25, -0.2) is 0 Å². The van der Waals surface area contributed by atoms with Crippen LogP contribution in [-0.4, -0.2) is 17.0 Å². The summed E-state index contributed by atoms with van der Waals surface area (Å²) in [6, 6.07) is 3.31. The number of rotatable bonds is 3. The number of carbonyl (C=O) groups excluding carboxylic acids is 1. The molecule has 1 aromatic carbocycles. The molecule has 4 nitrogen and oxygen atoms in total. The maximum atomic E-state index is 11.2. The summed E-state index contributed by atoms with van der Waals surface area (Å²) in [5, 5.41) is 1.28. The van der Waals surface area contributed by atoms with E-state index < -0.39 is 5.91 Å². The lowest BCUT2D eigenvalue weighted by molar-refractivity contribution is 0.1000. The van der Waals surface area contributed by atoms with Crippen molar-refractivity contribution in [2.75, 3.05) is 0 Å². The van der Waals surface area contributed by atoms with Crippen LogP contribution in [0.25, 0.3) is 10.9 Å². The van der Waals surface area contributed by atoms with Gasteiger partial charge in [0, 0.05) is 11.6 Å².